The second-order valence-corrected chi connectivity index (χ2v) is 21.8. The standard InChI is InChI=1S/C10H18O5.C9H11N3O5S.C9H13N3O4S.C8H13N3O2S.C3H5N3S.CH4.O2Se/c1-9(2,3)14-7(11)13-8(12)15-10(4,5)6;1-9(2,3)17-8(16)11-7-10-5(12-18-7)4(13)6(14)15;1-9(2,3)16-8(15)11-7-10-5(12-17-7)4-6(13)14;1-5-9-6(14-11-5)10-7(12)13-8(2,3)4;1-2-5-3(4)7-6-2;;1-3-2/h1-6H3;1-3H3,(H,14,15)(H,10,11,12,16);4H2,1-3H3,(H,13,14)(H,10,11,12,15);1-4H3,(H,9,10,11,12);1H3,(H2,4,5,6);1H4;. The third-order valence-corrected chi connectivity index (χ3v) is 8.10. The topological polar surface area (TPSA) is 432 Å². The fourth-order valence-electron chi connectivity index (χ4n) is 3.42. The normalized spacial score (nSPS) is 10.6. The summed E-state index contributed by atoms with van der Waals surface area (Å²) in [5.41, 5.74) is 2.07. The fraction of sp³-hybridized carbons (Fsp3) is 0.600. The van der Waals surface area contributed by atoms with Gasteiger partial charge in [0.2, 0.25) is 21.2 Å². The van der Waals surface area contributed by atoms with E-state index in [9.17, 15) is 38.4 Å². The van der Waals surface area contributed by atoms with E-state index in [1.54, 1.807) is 111 Å². The van der Waals surface area contributed by atoms with Crippen LogP contribution in [0.5, 0.6) is 0 Å². The Kier molecular flexibility index (Phi) is 32.2. The van der Waals surface area contributed by atoms with Gasteiger partial charge in [-0.15, -0.1) is 0 Å². The summed E-state index contributed by atoms with van der Waals surface area (Å²) in [5, 5.41) is 25.3. The molecule has 0 fully saturated rings. The Morgan fingerprint density at radius 1 is 0.520 bits per heavy atom. The Balaban J connectivity index is -0.000000866. The first-order chi connectivity index (χ1) is 33.5. The number of Topliss-reactive ketones (excluding diaryl/α,β-unsaturated/α-hetero) is 1. The van der Waals surface area contributed by atoms with Crippen LogP contribution in [0.1, 0.15) is 139 Å². The molecule has 0 aliphatic rings. The number of nitrogens with two attached hydrogens (primary N) is 1. The van der Waals surface area contributed by atoms with Crippen LogP contribution in [-0.2, 0) is 52.1 Å². The van der Waals surface area contributed by atoms with E-state index in [2.05, 4.69) is 58.1 Å². The van der Waals surface area contributed by atoms with E-state index < -0.39 is 97.0 Å². The van der Waals surface area contributed by atoms with E-state index in [4.69, 9.17) is 47.3 Å². The number of hydrogen-bond donors (Lipinski definition) is 6. The Hall–Kier alpha value is -6.68. The number of rotatable bonds is 7. The molecule has 0 unspecified atom stereocenters. The molecule has 0 saturated heterocycles. The third-order valence-electron chi connectivity index (χ3n) is 5.44. The number of carbonyl (C=O) groups is 8. The number of aliphatic carboxylic acids is 2. The first-order valence-electron chi connectivity index (χ1n) is 20.6. The van der Waals surface area contributed by atoms with E-state index in [1.165, 1.54) is 11.5 Å². The average molecular weight is 1210 g/mol. The van der Waals surface area contributed by atoms with E-state index in [0.717, 1.165) is 28.9 Å². The molecule has 0 saturated carbocycles. The molecule has 0 bridgehead atoms. The molecule has 0 atom stereocenters. The van der Waals surface area contributed by atoms with Crippen molar-refractivity contribution >= 4 is 130 Å². The molecule has 3 amide bonds. The minimum absolute atomic E-state index is 0. The molecular formula is C40H64N12O18S4Se. The van der Waals surface area contributed by atoms with Gasteiger partial charge in [0.25, 0.3) is 0 Å². The van der Waals surface area contributed by atoms with Crippen LogP contribution < -0.4 is 21.7 Å². The van der Waals surface area contributed by atoms with E-state index in [1.807, 2.05) is 6.92 Å². The first-order valence-corrected chi connectivity index (χ1v) is 25.1. The molecule has 0 radical (unpaired) electrons. The van der Waals surface area contributed by atoms with Crippen molar-refractivity contribution in [1.82, 2.24) is 37.4 Å². The monoisotopic (exact) mass is 1210 g/mol. The van der Waals surface area contributed by atoms with Gasteiger partial charge < -0.3 is 44.4 Å². The van der Waals surface area contributed by atoms with Crippen LogP contribution in [0.25, 0.3) is 0 Å². The number of nitrogens with one attached hydrogen (secondary N) is 3. The number of ether oxygens (including phenoxy) is 6. The van der Waals surface area contributed by atoms with Gasteiger partial charge in [-0.25, -0.2) is 43.7 Å². The summed E-state index contributed by atoms with van der Waals surface area (Å²) in [5.74, 6) is -2.83. The van der Waals surface area contributed by atoms with Crippen molar-refractivity contribution in [3.63, 3.8) is 0 Å². The summed E-state index contributed by atoms with van der Waals surface area (Å²) in [7, 11) is 0. The summed E-state index contributed by atoms with van der Waals surface area (Å²) in [6, 6.07) is 0. The van der Waals surface area contributed by atoms with Gasteiger partial charge in [-0.1, -0.05) is 7.43 Å². The summed E-state index contributed by atoms with van der Waals surface area (Å²) in [4.78, 5) is 103. The van der Waals surface area contributed by atoms with Crippen molar-refractivity contribution < 1.29 is 84.7 Å². The molecule has 4 aromatic rings. The SMILES string of the molecule is C.CC(C)(C)OC(=O)Nc1nc(C(=O)C(=O)O)ns1.CC(C)(C)OC(=O)Nc1nc(CC(=O)O)ns1.CC(C)(C)OC(=O)OC(=O)OC(C)(C)C.Cc1nsc(N)n1.Cc1nsc(NC(=O)OC(C)(C)C)n1.O=[Se]=O. The van der Waals surface area contributed by atoms with Crippen LogP contribution in [0.2, 0.25) is 0 Å². The molecule has 4 heterocycles. The zero-order chi connectivity index (χ0) is 58.0. The van der Waals surface area contributed by atoms with E-state index >= 15 is 0 Å². The number of nitrogens with zero attached hydrogens (tertiary/aromatic N) is 8. The number of aryl methyl sites for hydroxylation is 2. The van der Waals surface area contributed by atoms with Crippen molar-refractivity contribution in [3.05, 3.63) is 23.3 Å². The second-order valence-electron chi connectivity index (χ2n) is 18.4. The number of hydrogen-bond acceptors (Lipinski definition) is 29. The van der Waals surface area contributed by atoms with Crippen LogP contribution in [0.3, 0.4) is 0 Å². The molecule has 0 spiro atoms. The van der Waals surface area contributed by atoms with Crippen LogP contribution in [0.15, 0.2) is 0 Å². The number of amides is 3. The third kappa shape index (κ3) is 42.4. The van der Waals surface area contributed by atoms with Crippen LogP contribution in [0.4, 0.5) is 44.5 Å². The summed E-state index contributed by atoms with van der Waals surface area (Å²) in [6.45, 7) is 29.3. The van der Waals surface area contributed by atoms with Crippen molar-refractivity contribution in [3.8, 4) is 0 Å². The number of aromatic nitrogens is 8. The zero-order valence-corrected chi connectivity index (χ0v) is 48.3. The molecule has 30 nitrogen and oxygen atoms in total. The molecule has 4 aromatic heterocycles. The Bertz CT molecular complexity index is 2470. The van der Waals surface area contributed by atoms with Crippen molar-refractivity contribution in [2.75, 3.05) is 21.7 Å². The Morgan fingerprint density at radius 2 is 0.853 bits per heavy atom. The summed E-state index contributed by atoms with van der Waals surface area (Å²) >= 11 is 2.33. The van der Waals surface area contributed by atoms with Crippen LogP contribution >= 0.6 is 46.1 Å². The average Bonchev–Trinajstić information content (AvgIpc) is 3.98. The van der Waals surface area contributed by atoms with Crippen molar-refractivity contribution in [2.45, 2.75) is 160 Å². The number of carboxylic acids is 2. The van der Waals surface area contributed by atoms with Gasteiger partial charge in [-0.05, 0) is 118 Å². The predicted octanol–water partition coefficient (Wildman–Crippen LogP) is 8.18. The maximum atomic E-state index is 11.3. The minimum atomic E-state index is -1.66. The molecule has 7 N–H and O–H groups in total. The van der Waals surface area contributed by atoms with Gasteiger partial charge in [-0.3, -0.25) is 25.5 Å². The van der Waals surface area contributed by atoms with Crippen LogP contribution in [-0.4, -0.2) is 139 Å². The number of carboxylic acid groups (broad SMARTS) is 2. The first kappa shape index (κ1) is 72.6. The fourth-order valence-corrected chi connectivity index (χ4v) is 5.54. The summed E-state index contributed by atoms with van der Waals surface area (Å²) in [6.07, 6.45) is -4.29. The number of nitrogen functional groups attached to an aromatic ring is 1. The predicted molar refractivity (Wildman–Crippen MR) is 274 cm³/mol. The van der Waals surface area contributed by atoms with Crippen LogP contribution in [0, 0.1) is 13.8 Å². The molecular weight excluding hydrogens is 1140 g/mol. The molecule has 35 heteroatoms. The number of anilines is 4. The van der Waals surface area contributed by atoms with Gasteiger partial charge >= 0.3 is 70.8 Å². The Morgan fingerprint density at radius 3 is 1.15 bits per heavy atom. The molecule has 4 rings (SSSR count). The van der Waals surface area contributed by atoms with Gasteiger partial charge in [-0.2, -0.15) is 22.5 Å². The van der Waals surface area contributed by atoms with Gasteiger partial charge in [0, 0.05) is 46.1 Å². The second kappa shape index (κ2) is 33.3. The molecule has 422 valence electrons. The Labute approximate surface area is 454 Å². The van der Waals surface area contributed by atoms with Gasteiger partial charge in [0.1, 0.15) is 46.1 Å². The molecule has 0 aliphatic carbocycles. The summed E-state index contributed by atoms with van der Waals surface area (Å²) < 4.78 is 60.7. The number of carbonyl (C=O) groups excluding carboxylic acids is 6. The maximum absolute atomic E-state index is 11.3. The van der Waals surface area contributed by atoms with Gasteiger partial charge in [0.15, 0.2) is 11.0 Å². The zero-order valence-electron chi connectivity index (χ0n) is 43.3. The quantitative estimate of drug-likeness (QED) is 0.0253. The molecule has 0 aliphatic heterocycles. The van der Waals surface area contributed by atoms with Crippen molar-refractivity contribution in [1.29, 1.82) is 0 Å². The molecule has 75 heavy (non-hydrogen) atoms. The molecule has 0 aromatic carbocycles. The van der Waals surface area contributed by atoms with Gasteiger partial charge in [0.05, 0.1) is 0 Å². The van der Waals surface area contributed by atoms with E-state index in [0.29, 0.717) is 27.6 Å². The van der Waals surface area contributed by atoms with E-state index in [-0.39, 0.29) is 29.9 Å². The number of ketones is 1. The van der Waals surface area contributed by atoms with Crippen molar-refractivity contribution in [2.24, 2.45) is 0 Å².